The Bertz CT molecular complexity index is 522. The molecule has 0 bridgehead atoms. The second-order valence-electron chi connectivity index (χ2n) is 4.24. The molecule has 1 heterocycles. The third-order valence-corrected chi connectivity index (χ3v) is 3.59. The summed E-state index contributed by atoms with van der Waals surface area (Å²) in [6.45, 7) is 4.02. The van der Waals surface area contributed by atoms with Gasteiger partial charge in [0.1, 0.15) is 21.5 Å². The van der Waals surface area contributed by atoms with E-state index in [1.54, 1.807) is 12.1 Å². The van der Waals surface area contributed by atoms with E-state index in [0.717, 1.165) is 30.9 Å². The summed E-state index contributed by atoms with van der Waals surface area (Å²) in [5.74, 6) is 0.0488. The summed E-state index contributed by atoms with van der Waals surface area (Å²) in [5.41, 5.74) is 0.683. The summed E-state index contributed by atoms with van der Waals surface area (Å²) in [4.78, 5) is 0. The van der Waals surface area contributed by atoms with Gasteiger partial charge in [-0.05, 0) is 25.1 Å². The summed E-state index contributed by atoms with van der Waals surface area (Å²) in [6.07, 6.45) is 1.95. The molecule has 0 aliphatic rings. The molecule has 0 unspecified atom stereocenters. The van der Waals surface area contributed by atoms with E-state index in [9.17, 15) is 10.2 Å². The highest BCUT2D eigenvalue weighted by Gasteiger charge is 2.08. The molecule has 0 saturated carbocycles. The highest BCUT2D eigenvalue weighted by Crippen LogP contribution is 2.30. The van der Waals surface area contributed by atoms with Gasteiger partial charge in [0.25, 0.3) is 0 Å². The number of phenolic OH excluding ortho intramolecular Hbond substituents is 2. The first-order chi connectivity index (χ1) is 9.19. The molecule has 0 atom stereocenters. The van der Waals surface area contributed by atoms with Gasteiger partial charge >= 0.3 is 0 Å². The number of rotatable bonds is 6. The molecule has 0 spiro atoms. The Labute approximate surface area is 115 Å². The van der Waals surface area contributed by atoms with E-state index in [1.807, 2.05) is 0 Å². The van der Waals surface area contributed by atoms with Crippen molar-refractivity contribution in [1.29, 1.82) is 0 Å². The zero-order valence-electron chi connectivity index (χ0n) is 10.8. The molecule has 6 heteroatoms. The Morgan fingerprint density at radius 3 is 2.53 bits per heavy atom. The van der Waals surface area contributed by atoms with Crippen LogP contribution in [0.4, 0.5) is 0 Å². The number of nitrogens with zero attached hydrogens (tertiary/aromatic N) is 2. The van der Waals surface area contributed by atoms with Gasteiger partial charge in [-0.3, -0.25) is 0 Å². The average molecular weight is 279 g/mol. The van der Waals surface area contributed by atoms with Gasteiger partial charge in [-0.25, -0.2) is 0 Å². The summed E-state index contributed by atoms with van der Waals surface area (Å²) in [6, 6.07) is 4.43. The third kappa shape index (κ3) is 3.90. The van der Waals surface area contributed by atoms with Gasteiger partial charge in [-0.15, -0.1) is 10.2 Å². The Hall–Kier alpha value is -1.66. The fourth-order valence-corrected chi connectivity index (χ4v) is 2.51. The summed E-state index contributed by atoms with van der Waals surface area (Å²) >= 11 is 1.48. The highest BCUT2D eigenvalue weighted by molar-refractivity contribution is 7.14. The number of hydrogen-bond donors (Lipinski definition) is 3. The highest BCUT2D eigenvalue weighted by atomic mass is 32.1. The molecule has 102 valence electrons. The van der Waals surface area contributed by atoms with Crippen molar-refractivity contribution >= 4 is 11.3 Å². The summed E-state index contributed by atoms with van der Waals surface area (Å²) in [7, 11) is 0. The predicted octanol–water partition coefficient (Wildman–Crippen LogP) is 2.16. The van der Waals surface area contributed by atoms with Crippen molar-refractivity contribution in [3.05, 3.63) is 23.2 Å². The van der Waals surface area contributed by atoms with Crippen LogP contribution in [0.25, 0.3) is 10.6 Å². The minimum absolute atomic E-state index is 0.0244. The van der Waals surface area contributed by atoms with Crippen LogP contribution in [0.3, 0.4) is 0 Å². The van der Waals surface area contributed by atoms with Crippen LogP contribution in [-0.2, 0) is 6.42 Å². The Balaban J connectivity index is 2.03. The number of phenols is 2. The van der Waals surface area contributed by atoms with Gasteiger partial charge in [-0.2, -0.15) is 0 Å². The molecule has 19 heavy (non-hydrogen) atoms. The van der Waals surface area contributed by atoms with Crippen molar-refractivity contribution in [2.75, 3.05) is 13.1 Å². The first-order valence-corrected chi connectivity index (χ1v) is 7.07. The SMILES string of the molecule is CCCNCCc1nnc(-c2cc(O)cc(O)c2)s1. The molecular weight excluding hydrogens is 262 g/mol. The number of nitrogens with one attached hydrogen (secondary N) is 1. The smallest absolute Gasteiger partial charge is 0.148 e. The lowest BCUT2D eigenvalue weighted by Gasteiger charge is -1.99. The monoisotopic (exact) mass is 279 g/mol. The largest absolute Gasteiger partial charge is 0.508 e. The maximum Gasteiger partial charge on any atom is 0.148 e. The van der Waals surface area contributed by atoms with E-state index in [-0.39, 0.29) is 11.5 Å². The molecular formula is C13H17N3O2S. The zero-order chi connectivity index (χ0) is 13.7. The second kappa shape index (κ2) is 6.49. The van der Waals surface area contributed by atoms with Crippen LogP contribution in [0.1, 0.15) is 18.4 Å². The molecule has 2 rings (SSSR count). The van der Waals surface area contributed by atoms with E-state index in [0.29, 0.717) is 10.6 Å². The topological polar surface area (TPSA) is 78.3 Å². The fraction of sp³-hybridized carbons (Fsp3) is 0.385. The number of hydrogen-bond acceptors (Lipinski definition) is 6. The molecule has 1 aromatic carbocycles. The molecule has 1 aromatic heterocycles. The lowest BCUT2D eigenvalue weighted by molar-refractivity contribution is 0.451. The molecule has 0 fully saturated rings. The lowest BCUT2D eigenvalue weighted by Crippen LogP contribution is -2.17. The predicted molar refractivity (Wildman–Crippen MR) is 75.5 cm³/mol. The number of aromatic nitrogens is 2. The molecule has 5 nitrogen and oxygen atoms in total. The van der Waals surface area contributed by atoms with Gasteiger partial charge in [0.2, 0.25) is 0 Å². The van der Waals surface area contributed by atoms with Gasteiger partial charge in [-0.1, -0.05) is 18.3 Å². The van der Waals surface area contributed by atoms with Crippen LogP contribution in [0, 0.1) is 0 Å². The van der Waals surface area contributed by atoms with E-state index in [4.69, 9.17) is 0 Å². The van der Waals surface area contributed by atoms with E-state index in [1.165, 1.54) is 17.4 Å². The molecule has 0 aliphatic carbocycles. The van der Waals surface area contributed by atoms with Crippen LogP contribution in [-0.4, -0.2) is 33.5 Å². The van der Waals surface area contributed by atoms with E-state index < -0.39 is 0 Å². The maximum atomic E-state index is 9.45. The number of aromatic hydroxyl groups is 2. The summed E-state index contributed by atoms with van der Waals surface area (Å²) < 4.78 is 0. The Morgan fingerprint density at radius 2 is 1.84 bits per heavy atom. The van der Waals surface area contributed by atoms with E-state index >= 15 is 0 Å². The van der Waals surface area contributed by atoms with Crippen molar-refractivity contribution in [1.82, 2.24) is 15.5 Å². The lowest BCUT2D eigenvalue weighted by atomic mass is 10.2. The zero-order valence-corrected chi connectivity index (χ0v) is 11.6. The van der Waals surface area contributed by atoms with Crippen LogP contribution in [0.2, 0.25) is 0 Å². The first kappa shape index (κ1) is 13.8. The minimum atomic E-state index is 0.0244. The standard InChI is InChI=1S/C13H17N3O2S/c1-2-4-14-5-3-12-15-16-13(19-12)9-6-10(17)8-11(18)7-9/h6-8,14,17-18H,2-5H2,1H3. The normalized spacial score (nSPS) is 10.8. The van der Waals surface area contributed by atoms with Crippen LogP contribution in [0.5, 0.6) is 11.5 Å². The van der Waals surface area contributed by atoms with Crippen molar-refractivity contribution in [3.63, 3.8) is 0 Å². The second-order valence-corrected chi connectivity index (χ2v) is 5.30. The minimum Gasteiger partial charge on any atom is -0.508 e. The van der Waals surface area contributed by atoms with Gasteiger partial charge < -0.3 is 15.5 Å². The van der Waals surface area contributed by atoms with Crippen LogP contribution < -0.4 is 5.32 Å². The first-order valence-electron chi connectivity index (χ1n) is 6.25. The van der Waals surface area contributed by atoms with Gasteiger partial charge in [0.15, 0.2) is 0 Å². The quantitative estimate of drug-likeness (QED) is 0.706. The Morgan fingerprint density at radius 1 is 1.11 bits per heavy atom. The average Bonchev–Trinajstić information content (AvgIpc) is 2.82. The third-order valence-electron chi connectivity index (χ3n) is 2.56. The molecule has 3 N–H and O–H groups in total. The van der Waals surface area contributed by atoms with Crippen LogP contribution >= 0.6 is 11.3 Å². The van der Waals surface area contributed by atoms with E-state index in [2.05, 4.69) is 22.4 Å². The maximum absolute atomic E-state index is 9.45. The fourth-order valence-electron chi connectivity index (χ4n) is 1.69. The van der Waals surface area contributed by atoms with Crippen LogP contribution in [0.15, 0.2) is 18.2 Å². The van der Waals surface area contributed by atoms with Crippen molar-refractivity contribution in [2.45, 2.75) is 19.8 Å². The molecule has 0 aliphatic heterocycles. The Kier molecular flexibility index (Phi) is 4.70. The molecule has 2 aromatic rings. The van der Waals surface area contributed by atoms with Crippen molar-refractivity contribution < 1.29 is 10.2 Å². The van der Waals surface area contributed by atoms with Crippen molar-refractivity contribution in [3.8, 4) is 22.1 Å². The van der Waals surface area contributed by atoms with Gasteiger partial charge in [0, 0.05) is 24.6 Å². The van der Waals surface area contributed by atoms with Gasteiger partial charge in [0.05, 0.1) is 0 Å². The molecule has 0 radical (unpaired) electrons. The molecule has 0 saturated heterocycles. The van der Waals surface area contributed by atoms with Crippen molar-refractivity contribution in [2.24, 2.45) is 0 Å². The summed E-state index contributed by atoms with van der Waals surface area (Å²) in [5, 5.41) is 32.1. The number of benzene rings is 1. The molecule has 0 amide bonds.